The molecule has 14 nitrogen and oxygen atoms in total. The maximum atomic E-state index is 12.3. The van der Waals surface area contributed by atoms with Crippen molar-refractivity contribution < 1.29 is 43.9 Å². The van der Waals surface area contributed by atoms with Crippen LogP contribution in [0, 0.1) is 20.2 Å². The molecule has 1 aliphatic rings. The smallest absolute Gasteiger partial charge is 0.461 e. The Balaban J connectivity index is 1.61. The number of carbonyl (C=O) groups excluding carboxylic acids is 2. The minimum atomic E-state index is -1.58. The Morgan fingerprint density at radius 3 is 2.03 bits per heavy atom. The Labute approximate surface area is 221 Å². The fourth-order valence-corrected chi connectivity index (χ4v) is 4.05. The fraction of sp³-hybridized carbons (Fsp3) is 0.320. The number of nitro benzene ring substituents is 2. The minimum absolute atomic E-state index is 0.0111. The molecule has 2 unspecified atom stereocenters. The van der Waals surface area contributed by atoms with E-state index < -0.39 is 46.1 Å². The third-order valence-corrected chi connectivity index (χ3v) is 6.07. The zero-order valence-electron chi connectivity index (χ0n) is 20.6. The van der Waals surface area contributed by atoms with Gasteiger partial charge in [-0.1, -0.05) is 12.1 Å². The second-order valence-electron chi connectivity index (χ2n) is 8.80. The molecule has 206 valence electrons. The van der Waals surface area contributed by atoms with Crippen molar-refractivity contribution in [3.8, 4) is 0 Å². The summed E-state index contributed by atoms with van der Waals surface area (Å²) in [5, 5.41) is 43.8. The van der Waals surface area contributed by atoms with Crippen molar-refractivity contribution >= 4 is 29.4 Å². The van der Waals surface area contributed by atoms with E-state index >= 15 is 0 Å². The van der Waals surface area contributed by atoms with Crippen LogP contribution in [0.1, 0.15) is 30.9 Å². The molecule has 3 N–H and O–H groups in total. The average Bonchev–Trinajstić information content (AvgIpc) is 2.86. The number of nitrogens with zero attached hydrogens (tertiary/aromatic N) is 2. The molecule has 0 saturated carbocycles. The van der Waals surface area contributed by atoms with Gasteiger partial charge in [-0.2, -0.15) is 0 Å². The van der Waals surface area contributed by atoms with Crippen LogP contribution in [0.25, 0.3) is 0 Å². The number of non-ortho nitro benzene ring substituents is 2. The van der Waals surface area contributed by atoms with Crippen LogP contribution in [-0.2, 0) is 32.1 Å². The molecule has 1 aliphatic heterocycles. The van der Waals surface area contributed by atoms with Crippen LogP contribution in [0.5, 0.6) is 0 Å². The predicted molar refractivity (Wildman–Crippen MR) is 132 cm³/mol. The lowest BCUT2D eigenvalue weighted by Crippen LogP contribution is -2.54. The molecule has 0 aliphatic carbocycles. The molecule has 14 heteroatoms. The van der Waals surface area contributed by atoms with Gasteiger partial charge < -0.3 is 25.0 Å². The number of nitrogens with one attached hydrogen (secondary N) is 1. The van der Waals surface area contributed by atoms with Crippen LogP contribution in [0.2, 0.25) is 0 Å². The summed E-state index contributed by atoms with van der Waals surface area (Å²) in [5.41, 5.74) is 1.33. The van der Waals surface area contributed by atoms with Gasteiger partial charge in [0.1, 0.15) is 12.7 Å². The van der Waals surface area contributed by atoms with Gasteiger partial charge in [0.25, 0.3) is 11.4 Å². The highest BCUT2D eigenvalue weighted by molar-refractivity contribution is 6.02. The summed E-state index contributed by atoms with van der Waals surface area (Å²) in [7, 11) is 0. The summed E-state index contributed by atoms with van der Waals surface area (Å²) < 4.78 is 10.1. The molecule has 0 spiro atoms. The molecule has 1 heterocycles. The molecule has 39 heavy (non-hydrogen) atoms. The Morgan fingerprint density at radius 1 is 1.00 bits per heavy atom. The lowest BCUT2D eigenvalue weighted by molar-refractivity contribution is -0.385. The zero-order valence-corrected chi connectivity index (χ0v) is 20.6. The number of amides is 1. The van der Waals surface area contributed by atoms with Crippen LogP contribution >= 0.6 is 0 Å². The Hall–Kier alpha value is -4.85. The highest BCUT2D eigenvalue weighted by atomic mass is 16.7. The van der Waals surface area contributed by atoms with Crippen LogP contribution < -0.4 is 5.32 Å². The number of hydrogen-bond donors (Lipinski definition) is 3. The van der Waals surface area contributed by atoms with Gasteiger partial charge in [0.05, 0.1) is 28.4 Å². The molecule has 0 radical (unpaired) electrons. The number of benzene rings is 2. The molecule has 2 aromatic carbocycles. The van der Waals surface area contributed by atoms with Crippen molar-refractivity contribution in [1.82, 2.24) is 5.32 Å². The van der Waals surface area contributed by atoms with E-state index in [0.29, 0.717) is 16.7 Å². The molecule has 3 atom stereocenters. The van der Waals surface area contributed by atoms with Gasteiger partial charge in [-0.05, 0) is 42.2 Å². The summed E-state index contributed by atoms with van der Waals surface area (Å²) in [4.78, 5) is 56.2. The summed E-state index contributed by atoms with van der Waals surface area (Å²) in [6.45, 7) is 1.37. The predicted octanol–water partition coefficient (Wildman–Crippen LogP) is 2.81. The van der Waals surface area contributed by atoms with Crippen molar-refractivity contribution in [3.05, 3.63) is 91.0 Å². The van der Waals surface area contributed by atoms with Crippen LogP contribution in [0.4, 0.5) is 16.2 Å². The zero-order chi connectivity index (χ0) is 28.7. The monoisotopic (exact) mass is 543 g/mol. The molecule has 3 rings (SSSR count). The maximum absolute atomic E-state index is 12.3. The third kappa shape index (κ3) is 7.82. The van der Waals surface area contributed by atoms with Crippen molar-refractivity contribution in [2.45, 2.75) is 51.0 Å². The quantitative estimate of drug-likeness (QED) is 0.116. The lowest BCUT2D eigenvalue weighted by atomic mass is 9.85. The molecule has 1 saturated heterocycles. The Kier molecular flexibility index (Phi) is 9.28. The number of rotatable bonds is 12. The van der Waals surface area contributed by atoms with E-state index in [4.69, 9.17) is 9.47 Å². The van der Waals surface area contributed by atoms with E-state index in [1.54, 1.807) is 0 Å². The standard InChI is InChI=1S/C25H25N3O11/c1-14(21(39-25(32)33)10-15-2-6-17(7-3-15)27(34)35)23-20(26-24(23)31)11-19(29)12-22(30)38-13-16-4-8-18(9-5-16)28(36)37/h2-9,19-21,29H,10-13H2,1H3,(H,26,31)(H,32,33)/b23-14+/t19?,20-,21?/m1/s1. The second kappa shape index (κ2) is 12.6. The SMILES string of the molecule is C/C(=C1\C(=O)N[C@@H]1CC(O)CC(=O)OCc1ccc([N+](=O)[O-])cc1)C(Cc1ccc([N+](=O)[O-])cc1)OC(=O)O. The van der Waals surface area contributed by atoms with Gasteiger partial charge in [-0.15, -0.1) is 0 Å². The van der Waals surface area contributed by atoms with Gasteiger partial charge in [-0.25, -0.2) is 4.79 Å². The molecular weight excluding hydrogens is 518 g/mol. The first-order valence-electron chi connectivity index (χ1n) is 11.7. The molecular formula is C25H25N3O11. The number of nitro groups is 2. The average molecular weight is 543 g/mol. The van der Waals surface area contributed by atoms with Gasteiger partial charge in [0.15, 0.2) is 0 Å². The normalized spacial score (nSPS) is 17.2. The molecule has 2 aromatic rings. The summed E-state index contributed by atoms with van der Waals surface area (Å²) >= 11 is 0. The maximum Gasteiger partial charge on any atom is 0.506 e. The van der Waals surface area contributed by atoms with Gasteiger partial charge >= 0.3 is 12.1 Å². The molecule has 0 bridgehead atoms. The van der Waals surface area contributed by atoms with Gasteiger partial charge in [-0.3, -0.25) is 29.8 Å². The summed E-state index contributed by atoms with van der Waals surface area (Å²) in [6.07, 6.45) is -4.27. The number of esters is 1. The van der Waals surface area contributed by atoms with E-state index in [9.17, 15) is 44.8 Å². The van der Waals surface area contributed by atoms with E-state index in [-0.39, 0.29) is 42.8 Å². The van der Waals surface area contributed by atoms with Crippen LogP contribution in [-0.4, -0.2) is 56.3 Å². The van der Waals surface area contributed by atoms with Gasteiger partial charge in [0, 0.05) is 36.3 Å². The lowest BCUT2D eigenvalue weighted by Gasteiger charge is -2.35. The Morgan fingerprint density at radius 2 is 1.54 bits per heavy atom. The van der Waals surface area contributed by atoms with Crippen molar-refractivity contribution in [2.24, 2.45) is 0 Å². The van der Waals surface area contributed by atoms with Gasteiger partial charge in [0.2, 0.25) is 5.91 Å². The molecule has 1 amide bonds. The molecule has 1 fully saturated rings. The highest BCUT2D eigenvalue weighted by Gasteiger charge is 2.38. The number of carbonyl (C=O) groups is 3. The molecule has 0 aromatic heterocycles. The topological polar surface area (TPSA) is 208 Å². The van der Waals surface area contributed by atoms with Crippen molar-refractivity contribution in [1.29, 1.82) is 0 Å². The first kappa shape index (κ1) is 28.7. The second-order valence-corrected chi connectivity index (χ2v) is 8.80. The first-order valence-corrected chi connectivity index (χ1v) is 11.7. The number of ether oxygens (including phenoxy) is 2. The third-order valence-electron chi connectivity index (χ3n) is 6.07. The number of β-lactam (4-membered cyclic amide) rings is 1. The first-order chi connectivity index (χ1) is 18.4. The number of carboxylic acid groups (broad SMARTS) is 1. The Bertz CT molecular complexity index is 1290. The largest absolute Gasteiger partial charge is 0.506 e. The van der Waals surface area contributed by atoms with Crippen molar-refractivity contribution in [2.75, 3.05) is 0 Å². The van der Waals surface area contributed by atoms with E-state index in [2.05, 4.69) is 5.32 Å². The minimum Gasteiger partial charge on any atom is -0.461 e. The van der Waals surface area contributed by atoms with E-state index in [1.807, 2.05) is 0 Å². The number of aliphatic hydroxyl groups is 1. The summed E-state index contributed by atoms with van der Waals surface area (Å²) in [5.74, 6) is -1.20. The van der Waals surface area contributed by atoms with Crippen LogP contribution in [0.15, 0.2) is 59.7 Å². The highest BCUT2D eigenvalue weighted by Crippen LogP contribution is 2.28. The fourth-order valence-electron chi connectivity index (χ4n) is 4.05. The van der Waals surface area contributed by atoms with Crippen molar-refractivity contribution in [3.63, 3.8) is 0 Å². The summed E-state index contributed by atoms with van der Waals surface area (Å²) in [6, 6.07) is 10.2. The van der Waals surface area contributed by atoms with E-state index in [0.717, 1.165) is 0 Å². The van der Waals surface area contributed by atoms with E-state index in [1.165, 1.54) is 55.5 Å². The number of aliphatic hydroxyl groups excluding tert-OH is 1. The van der Waals surface area contributed by atoms with Crippen LogP contribution in [0.3, 0.4) is 0 Å². The number of hydrogen-bond acceptors (Lipinski definition) is 10.